The molecule has 0 saturated carbocycles. The third-order valence-corrected chi connectivity index (χ3v) is 4.36. The molecule has 0 bridgehead atoms. The predicted octanol–water partition coefficient (Wildman–Crippen LogP) is 0.875. The number of ether oxygens (including phenoxy) is 1. The average molecular weight is 295 g/mol. The number of rotatable bonds is 6. The standard InChI is InChI=1S/C15H25N3O3/c1-4-11(2)14(19)10-18-15(20)7-12(8-16-18)17-6-5-13(9-17)21-3/h7-8,11,13-14,19H,4-6,9-10H2,1-3H3. The van der Waals surface area contributed by atoms with Crippen LogP contribution >= 0.6 is 0 Å². The van der Waals surface area contributed by atoms with Gasteiger partial charge in [0.25, 0.3) is 5.56 Å². The molecule has 0 amide bonds. The van der Waals surface area contributed by atoms with Crippen LogP contribution in [0.2, 0.25) is 0 Å². The number of aliphatic hydroxyl groups is 1. The first-order chi connectivity index (χ1) is 10.0. The van der Waals surface area contributed by atoms with Gasteiger partial charge in [-0.25, -0.2) is 4.68 Å². The van der Waals surface area contributed by atoms with Crippen molar-refractivity contribution in [1.29, 1.82) is 0 Å². The molecule has 118 valence electrons. The van der Waals surface area contributed by atoms with E-state index in [2.05, 4.69) is 10.00 Å². The van der Waals surface area contributed by atoms with E-state index in [1.54, 1.807) is 19.4 Å². The molecule has 1 aromatic rings. The van der Waals surface area contributed by atoms with Crippen LogP contribution in [0.5, 0.6) is 0 Å². The van der Waals surface area contributed by atoms with Gasteiger partial charge in [0.05, 0.1) is 30.6 Å². The van der Waals surface area contributed by atoms with Gasteiger partial charge in [0.15, 0.2) is 0 Å². The number of aliphatic hydroxyl groups excluding tert-OH is 1. The van der Waals surface area contributed by atoms with Crippen molar-refractivity contribution in [3.8, 4) is 0 Å². The average Bonchev–Trinajstić information content (AvgIpc) is 2.97. The minimum atomic E-state index is -0.546. The van der Waals surface area contributed by atoms with Crippen molar-refractivity contribution in [3.05, 3.63) is 22.6 Å². The predicted molar refractivity (Wildman–Crippen MR) is 81.6 cm³/mol. The number of methoxy groups -OCH3 is 1. The molecule has 0 aromatic carbocycles. The zero-order valence-corrected chi connectivity index (χ0v) is 13.0. The van der Waals surface area contributed by atoms with Crippen molar-refractivity contribution in [2.75, 3.05) is 25.1 Å². The van der Waals surface area contributed by atoms with Gasteiger partial charge in [-0.15, -0.1) is 0 Å². The van der Waals surface area contributed by atoms with Crippen LogP contribution in [0.15, 0.2) is 17.1 Å². The summed E-state index contributed by atoms with van der Waals surface area (Å²) in [6.45, 7) is 5.90. The fourth-order valence-electron chi connectivity index (χ4n) is 2.52. The number of hydrogen-bond donors (Lipinski definition) is 1. The lowest BCUT2D eigenvalue weighted by Crippen LogP contribution is -2.32. The second kappa shape index (κ2) is 7.04. The molecule has 1 aliphatic rings. The van der Waals surface area contributed by atoms with Crippen LogP contribution in [0.4, 0.5) is 5.69 Å². The quantitative estimate of drug-likeness (QED) is 0.843. The lowest BCUT2D eigenvalue weighted by Gasteiger charge is -2.20. The van der Waals surface area contributed by atoms with E-state index in [0.717, 1.165) is 31.6 Å². The van der Waals surface area contributed by atoms with Crippen LogP contribution < -0.4 is 10.5 Å². The minimum Gasteiger partial charge on any atom is -0.391 e. The fraction of sp³-hybridized carbons (Fsp3) is 0.733. The van der Waals surface area contributed by atoms with E-state index in [0.29, 0.717) is 0 Å². The molecule has 0 radical (unpaired) electrons. The van der Waals surface area contributed by atoms with E-state index in [-0.39, 0.29) is 24.1 Å². The highest BCUT2D eigenvalue weighted by Crippen LogP contribution is 2.19. The highest BCUT2D eigenvalue weighted by molar-refractivity contribution is 5.44. The van der Waals surface area contributed by atoms with E-state index < -0.39 is 6.10 Å². The summed E-state index contributed by atoms with van der Waals surface area (Å²) in [5, 5.41) is 14.2. The summed E-state index contributed by atoms with van der Waals surface area (Å²) in [6, 6.07) is 1.59. The van der Waals surface area contributed by atoms with Gasteiger partial charge in [-0.3, -0.25) is 4.79 Å². The Morgan fingerprint density at radius 1 is 1.57 bits per heavy atom. The topological polar surface area (TPSA) is 67.6 Å². The highest BCUT2D eigenvalue weighted by Gasteiger charge is 2.23. The summed E-state index contributed by atoms with van der Waals surface area (Å²) in [6.07, 6.45) is 3.21. The molecule has 2 heterocycles. The van der Waals surface area contributed by atoms with E-state index in [9.17, 15) is 9.90 Å². The molecule has 21 heavy (non-hydrogen) atoms. The molecule has 2 rings (SSSR count). The third kappa shape index (κ3) is 3.83. The largest absolute Gasteiger partial charge is 0.391 e. The summed E-state index contributed by atoms with van der Waals surface area (Å²) in [5.41, 5.74) is 0.657. The normalized spacial score (nSPS) is 21.5. The van der Waals surface area contributed by atoms with Crippen molar-refractivity contribution in [2.45, 2.75) is 45.4 Å². The Hall–Kier alpha value is -1.40. The maximum Gasteiger partial charge on any atom is 0.268 e. The van der Waals surface area contributed by atoms with Crippen LogP contribution in [0.3, 0.4) is 0 Å². The van der Waals surface area contributed by atoms with Crippen LogP contribution in [-0.4, -0.2) is 47.3 Å². The lowest BCUT2D eigenvalue weighted by atomic mass is 10.0. The van der Waals surface area contributed by atoms with Gasteiger partial charge < -0.3 is 14.7 Å². The van der Waals surface area contributed by atoms with Crippen molar-refractivity contribution in [1.82, 2.24) is 9.78 Å². The fourth-order valence-corrected chi connectivity index (χ4v) is 2.52. The summed E-state index contributed by atoms with van der Waals surface area (Å²) in [4.78, 5) is 14.2. The first-order valence-corrected chi connectivity index (χ1v) is 7.58. The Kier molecular flexibility index (Phi) is 5.36. The first-order valence-electron chi connectivity index (χ1n) is 7.58. The molecular weight excluding hydrogens is 270 g/mol. The van der Waals surface area contributed by atoms with Gasteiger partial charge in [0.1, 0.15) is 0 Å². The van der Waals surface area contributed by atoms with Crippen molar-refractivity contribution in [3.63, 3.8) is 0 Å². The van der Waals surface area contributed by atoms with Crippen LogP contribution in [0.25, 0.3) is 0 Å². The maximum atomic E-state index is 12.1. The number of nitrogens with zero attached hydrogens (tertiary/aromatic N) is 3. The number of anilines is 1. The second-order valence-corrected chi connectivity index (χ2v) is 5.78. The maximum absolute atomic E-state index is 12.1. The lowest BCUT2D eigenvalue weighted by molar-refractivity contribution is 0.0912. The van der Waals surface area contributed by atoms with Gasteiger partial charge in [0.2, 0.25) is 0 Å². The van der Waals surface area contributed by atoms with Gasteiger partial charge in [-0.1, -0.05) is 20.3 Å². The molecule has 0 aliphatic carbocycles. The second-order valence-electron chi connectivity index (χ2n) is 5.78. The van der Waals surface area contributed by atoms with E-state index in [1.807, 2.05) is 13.8 Å². The van der Waals surface area contributed by atoms with Crippen molar-refractivity contribution in [2.24, 2.45) is 5.92 Å². The zero-order chi connectivity index (χ0) is 15.4. The third-order valence-electron chi connectivity index (χ3n) is 4.36. The summed E-state index contributed by atoms with van der Waals surface area (Å²) in [7, 11) is 1.71. The van der Waals surface area contributed by atoms with Crippen molar-refractivity contribution < 1.29 is 9.84 Å². The van der Waals surface area contributed by atoms with E-state index in [4.69, 9.17) is 4.74 Å². The smallest absolute Gasteiger partial charge is 0.268 e. The Labute approximate surface area is 125 Å². The molecule has 3 atom stereocenters. The minimum absolute atomic E-state index is 0.152. The summed E-state index contributed by atoms with van der Waals surface area (Å²) >= 11 is 0. The molecule has 1 fully saturated rings. The molecule has 1 aromatic heterocycles. The molecule has 1 aliphatic heterocycles. The molecular formula is C15H25N3O3. The monoisotopic (exact) mass is 295 g/mol. The van der Waals surface area contributed by atoms with Gasteiger partial charge in [0, 0.05) is 26.3 Å². The van der Waals surface area contributed by atoms with Gasteiger partial charge in [-0.05, 0) is 12.3 Å². The first kappa shape index (κ1) is 16.0. The molecule has 6 heteroatoms. The Balaban J connectivity index is 2.06. The molecule has 1 saturated heterocycles. The summed E-state index contributed by atoms with van der Waals surface area (Å²) < 4.78 is 6.67. The Morgan fingerprint density at radius 2 is 2.33 bits per heavy atom. The zero-order valence-electron chi connectivity index (χ0n) is 13.0. The SMILES string of the molecule is CCC(C)C(O)Cn1ncc(N2CCC(OC)C2)cc1=O. The molecule has 6 nitrogen and oxygen atoms in total. The molecule has 0 spiro atoms. The van der Waals surface area contributed by atoms with Crippen LogP contribution in [-0.2, 0) is 11.3 Å². The van der Waals surface area contributed by atoms with Crippen molar-refractivity contribution >= 4 is 5.69 Å². The van der Waals surface area contributed by atoms with Gasteiger partial charge in [-0.2, -0.15) is 5.10 Å². The van der Waals surface area contributed by atoms with E-state index >= 15 is 0 Å². The Morgan fingerprint density at radius 3 is 2.90 bits per heavy atom. The number of aromatic nitrogens is 2. The van der Waals surface area contributed by atoms with Crippen LogP contribution in [0, 0.1) is 5.92 Å². The molecule has 3 unspecified atom stereocenters. The molecule has 1 N–H and O–H groups in total. The van der Waals surface area contributed by atoms with E-state index in [1.165, 1.54) is 4.68 Å². The number of hydrogen-bond acceptors (Lipinski definition) is 5. The van der Waals surface area contributed by atoms with Gasteiger partial charge >= 0.3 is 0 Å². The highest BCUT2D eigenvalue weighted by atomic mass is 16.5. The Bertz CT molecular complexity index is 517. The van der Waals surface area contributed by atoms with Crippen LogP contribution in [0.1, 0.15) is 26.7 Å². The summed E-state index contributed by atoms with van der Waals surface area (Å²) in [5.74, 6) is 0.152.